The largest absolute Gasteiger partial charge is 0.491 e. The molecule has 0 amide bonds. The van der Waals surface area contributed by atoms with Crippen LogP contribution in [0, 0.1) is 17.5 Å². The van der Waals surface area contributed by atoms with Crippen molar-refractivity contribution in [3.63, 3.8) is 0 Å². The maximum atomic E-state index is 14.3. The van der Waals surface area contributed by atoms with Crippen LogP contribution in [0.1, 0.15) is 23.2 Å². The van der Waals surface area contributed by atoms with Gasteiger partial charge in [0, 0.05) is 12.3 Å². The highest BCUT2D eigenvalue weighted by atomic mass is 32.2. The van der Waals surface area contributed by atoms with E-state index in [1.165, 1.54) is 6.26 Å². The summed E-state index contributed by atoms with van der Waals surface area (Å²) in [5.74, 6) is -9.24. The fourth-order valence-corrected chi connectivity index (χ4v) is 2.29. The van der Waals surface area contributed by atoms with Crippen molar-refractivity contribution in [2.24, 2.45) is 0 Å². The van der Waals surface area contributed by atoms with E-state index in [0.29, 0.717) is 0 Å². The molecular formula is C15H14F3NO5S. The summed E-state index contributed by atoms with van der Waals surface area (Å²) in [6, 6.07) is 0.209. The molecule has 0 spiro atoms. The minimum absolute atomic E-state index is 0.0753. The van der Waals surface area contributed by atoms with Gasteiger partial charge in [0.2, 0.25) is 17.5 Å². The Balaban J connectivity index is 2.57. The number of carboxylic acid groups (broad SMARTS) is 1. The molecule has 1 aromatic carbocycles. The molecule has 2 rings (SSSR count). The van der Waals surface area contributed by atoms with Crippen LogP contribution in [0.2, 0.25) is 0 Å². The average Bonchev–Trinajstić information content (AvgIpc) is 3.35. The number of carbonyl (C=O) groups is 2. The minimum atomic E-state index is -1.70. The van der Waals surface area contributed by atoms with E-state index in [0.717, 1.165) is 32.0 Å². The standard InChI is InChI=1S/C15H14F3NO5S/c1-23-13-10(17)7(5-8(16)11(13)18)12(20)9(15(21)22)14(24-25-2)19-6-3-4-6/h5-6,19H,3-4H2,1-2H3,(H,21,22). The van der Waals surface area contributed by atoms with E-state index in [2.05, 4.69) is 10.1 Å². The Kier molecular flexibility index (Phi) is 5.83. The summed E-state index contributed by atoms with van der Waals surface area (Å²) in [4.78, 5) is 24.0. The summed E-state index contributed by atoms with van der Waals surface area (Å²) >= 11 is 0.767. The highest BCUT2D eigenvalue weighted by molar-refractivity contribution is 7.94. The lowest BCUT2D eigenvalue weighted by Gasteiger charge is -2.14. The van der Waals surface area contributed by atoms with Gasteiger partial charge in [-0.1, -0.05) is 0 Å². The van der Waals surface area contributed by atoms with Gasteiger partial charge in [0.15, 0.2) is 23.0 Å². The first-order valence-electron chi connectivity index (χ1n) is 7.02. The number of Topliss-reactive ketones (excluding diaryl/α,β-unsaturated/α-hetero) is 1. The fourth-order valence-electron chi connectivity index (χ4n) is 1.99. The maximum absolute atomic E-state index is 14.3. The molecule has 0 unspecified atom stereocenters. The Labute approximate surface area is 145 Å². The monoisotopic (exact) mass is 377 g/mol. The Bertz CT molecular complexity index is 749. The number of rotatable bonds is 8. The molecule has 136 valence electrons. The number of benzene rings is 1. The van der Waals surface area contributed by atoms with Crippen molar-refractivity contribution in [1.82, 2.24) is 5.32 Å². The summed E-state index contributed by atoms with van der Waals surface area (Å²) in [5.41, 5.74) is -1.90. The molecule has 6 nitrogen and oxygen atoms in total. The van der Waals surface area contributed by atoms with Crippen LogP contribution in [0.5, 0.6) is 5.75 Å². The zero-order valence-corrected chi connectivity index (χ0v) is 14.0. The topological polar surface area (TPSA) is 84.9 Å². The quantitative estimate of drug-likeness (QED) is 0.137. The molecule has 2 N–H and O–H groups in total. The number of halogens is 3. The van der Waals surface area contributed by atoms with E-state index < -0.39 is 46.1 Å². The molecule has 0 saturated heterocycles. The first-order valence-corrected chi connectivity index (χ1v) is 8.17. The normalized spacial score (nSPS) is 14.6. The molecule has 0 radical (unpaired) electrons. The van der Waals surface area contributed by atoms with Gasteiger partial charge < -0.3 is 19.3 Å². The number of carbonyl (C=O) groups excluding carboxylic acids is 1. The Hall–Kier alpha value is -2.36. The van der Waals surface area contributed by atoms with Gasteiger partial charge >= 0.3 is 5.97 Å². The Morgan fingerprint density at radius 2 is 1.92 bits per heavy atom. The molecule has 1 saturated carbocycles. The summed E-state index contributed by atoms with van der Waals surface area (Å²) in [7, 11) is 0.889. The summed E-state index contributed by atoms with van der Waals surface area (Å²) in [6.45, 7) is 0. The van der Waals surface area contributed by atoms with Crippen molar-refractivity contribution in [1.29, 1.82) is 0 Å². The summed E-state index contributed by atoms with van der Waals surface area (Å²) < 4.78 is 50.9. The molecule has 0 bridgehead atoms. The van der Waals surface area contributed by atoms with Gasteiger partial charge in [-0.2, -0.15) is 4.39 Å². The van der Waals surface area contributed by atoms with Crippen LogP contribution < -0.4 is 10.1 Å². The number of carboxylic acids is 1. The SMILES string of the molecule is COc1c(F)c(F)cc(C(=O)C(C(=O)O)=C(NC2CC2)OSC)c1F. The van der Waals surface area contributed by atoms with E-state index in [-0.39, 0.29) is 18.0 Å². The van der Waals surface area contributed by atoms with Gasteiger partial charge in [-0.05, 0) is 18.9 Å². The van der Waals surface area contributed by atoms with Crippen LogP contribution in [0.25, 0.3) is 0 Å². The van der Waals surface area contributed by atoms with E-state index in [4.69, 9.17) is 4.18 Å². The third-order valence-corrected chi connectivity index (χ3v) is 3.65. The Morgan fingerprint density at radius 3 is 2.40 bits per heavy atom. The van der Waals surface area contributed by atoms with E-state index in [9.17, 15) is 27.9 Å². The van der Waals surface area contributed by atoms with Crippen molar-refractivity contribution >= 4 is 23.8 Å². The predicted molar refractivity (Wildman–Crippen MR) is 82.6 cm³/mol. The second kappa shape index (κ2) is 7.68. The maximum Gasteiger partial charge on any atom is 0.345 e. The second-order valence-electron chi connectivity index (χ2n) is 5.07. The molecule has 1 fully saturated rings. The van der Waals surface area contributed by atoms with Crippen LogP contribution in [0.4, 0.5) is 13.2 Å². The van der Waals surface area contributed by atoms with Crippen molar-refractivity contribution in [2.75, 3.05) is 13.4 Å². The van der Waals surface area contributed by atoms with Crippen LogP contribution in [-0.4, -0.2) is 36.3 Å². The van der Waals surface area contributed by atoms with Gasteiger partial charge in [-0.25, -0.2) is 13.6 Å². The second-order valence-corrected chi connectivity index (χ2v) is 5.57. The molecule has 1 aliphatic rings. The number of ketones is 1. The average molecular weight is 377 g/mol. The number of nitrogens with one attached hydrogen (secondary N) is 1. The van der Waals surface area contributed by atoms with Crippen LogP contribution in [0.15, 0.2) is 17.5 Å². The first-order chi connectivity index (χ1) is 11.8. The van der Waals surface area contributed by atoms with Crippen LogP contribution in [0.3, 0.4) is 0 Å². The van der Waals surface area contributed by atoms with Crippen LogP contribution in [-0.2, 0) is 8.98 Å². The molecule has 1 aliphatic carbocycles. The van der Waals surface area contributed by atoms with Crippen molar-refractivity contribution in [2.45, 2.75) is 18.9 Å². The van der Waals surface area contributed by atoms with Gasteiger partial charge in [-0.3, -0.25) is 4.79 Å². The minimum Gasteiger partial charge on any atom is -0.491 e. The lowest BCUT2D eigenvalue weighted by Crippen LogP contribution is -2.26. The number of methoxy groups -OCH3 is 1. The first kappa shape index (κ1) is 19.0. The number of hydrogen-bond donors (Lipinski definition) is 2. The molecule has 0 aromatic heterocycles. The third-order valence-electron chi connectivity index (χ3n) is 3.31. The van der Waals surface area contributed by atoms with E-state index >= 15 is 0 Å². The van der Waals surface area contributed by atoms with Gasteiger partial charge in [-0.15, -0.1) is 0 Å². The van der Waals surface area contributed by atoms with E-state index in [1.54, 1.807) is 0 Å². The molecule has 0 heterocycles. The highest BCUT2D eigenvalue weighted by Gasteiger charge is 2.33. The summed E-state index contributed by atoms with van der Waals surface area (Å²) in [5, 5.41) is 12.1. The van der Waals surface area contributed by atoms with Crippen molar-refractivity contribution in [3.8, 4) is 5.75 Å². The number of ether oxygens (including phenoxy) is 1. The van der Waals surface area contributed by atoms with Crippen molar-refractivity contribution < 1.29 is 36.8 Å². The molecule has 1 aromatic rings. The lowest BCUT2D eigenvalue weighted by atomic mass is 10.0. The molecule has 0 aliphatic heterocycles. The van der Waals surface area contributed by atoms with Crippen LogP contribution >= 0.6 is 12.0 Å². The highest BCUT2D eigenvalue weighted by Crippen LogP contribution is 2.30. The zero-order chi connectivity index (χ0) is 18.7. The van der Waals surface area contributed by atoms with Gasteiger partial charge in [0.1, 0.15) is 0 Å². The summed E-state index contributed by atoms with van der Waals surface area (Å²) in [6.07, 6.45) is 2.98. The Morgan fingerprint density at radius 1 is 1.28 bits per heavy atom. The molecule has 10 heteroatoms. The third kappa shape index (κ3) is 4.01. The molecule has 25 heavy (non-hydrogen) atoms. The molecular weight excluding hydrogens is 363 g/mol. The van der Waals surface area contributed by atoms with E-state index in [1.807, 2.05) is 0 Å². The smallest absolute Gasteiger partial charge is 0.345 e. The number of aliphatic carboxylic acids is 1. The lowest BCUT2D eigenvalue weighted by molar-refractivity contribution is -0.132. The fraction of sp³-hybridized carbons (Fsp3) is 0.333. The molecule has 0 atom stereocenters. The zero-order valence-electron chi connectivity index (χ0n) is 13.2. The number of hydrogen-bond acceptors (Lipinski definition) is 6. The van der Waals surface area contributed by atoms with Gasteiger partial charge in [0.05, 0.1) is 24.7 Å². The predicted octanol–water partition coefficient (Wildman–Crippen LogP) is 2.64. The van der Waals surface area contributed by atoms with Gasteiger partial charge in [0.25, 0.3) is 0 Å². The van der Waals surface area contributed by atoms with Crippen molar-refractivity contribution in [3.05, 3.63) is 40.5 Å².